The molecule has 65 heavy (non-hydrogen) atoms. The number of non-ortho nitro benzene ring substituents is 1. The van der Waals surface area contributed by atoms with Gasteiger partial charge in [-0.2, -0.15) is 0 Å². The molecule has 0 aromatic heterocycles. The molecule has 0 spiro atoms. The summed E-state index contributed by atoms with van der Waals surface area (Å²) in [4.78, 5) is 46.9. The standard InChI is InChI=1S/C51H64N4O10/c1-6-27-54(46(58)26-21-35-19-22-38(23-20-35)55(60)61)45-33-43(53-65-50(3,4)5)41-31-37(17-11-13-28-56)40(18-12-14-29-57)47-42-32-39(63-49(59)52-34-36-15-9-8-10-16-36)24-25-44(42)64-51(45,48(41)47)62-30-7-2/h7-10,15-16,19-26,31-32,37,40,45,47-48,56-57H,2,6,11-14,17-18,27-30,33-34H2,1,3-5H3,(H,52,59). The number of rotatable bonds is 21. The Labute approximate surface area is 382 Å². The summed E-state index contributed by atoms with van der Waals surface area (Å²) < 4.78 is 20.3. The van der Waals surface area contributed by atoms with Gasteiger partial charge in [0.2, 0.25) is 11.7 Å². The number of carbonyl (C=O) groups is 2. The fourth-order valence-corrected chi connectivity index (χ4v) is 9.45. The van der Waals surface area contributed by atoms with Crippen molar-refractivity contribution in [3.8, 4) is 11.5 Å². The first-order chi connectivity index (χ1) is 31.3. The highest BCUT2D eigenvalue weighted by molar-refractivity contribution is 6.03. The molecule has 0 radical (unpaired) electrons. The fourth-order valence-electron chi connectivity index (χ4n) is 9.45. The molecule has 6 rings (SSSR count). The van der Waals surface area contributed by atoms with E-state index in [9.17, 15) is 29.9 Å². The number of benzene rings is 3. The third kappa shape index (κ3) is 11.9. The van der Waals surface area contributed by atoms with Gasteiger partial charge >= 0.3 is 6.09 Å². The van der Waals surface area contributed by atoms with Gasteiger partial charge in [-0.1, -0.05) is 67.4 Å². The fraction of sp³-hybridized carbons (Fsp3) is 0.471. The molecule has 1 aliphatic heterocycles. The molecule has 6 unspecified atom stereocenters. The predicted molar refractivity (Wildman–Crippen MR) is 249 cm³/mol. The number of oxime groups is 1. The number of hydrogen-bond acceptors (Lipinski definition) is 11. The van der Waals surface area contributed by atoms with Crippen molar-refractivity contribution in [2.75, 3.05) is 26.4 Å². The second kappa shape index (κ2) is 22.4. The summed E-state index contributed by atoms with van der Waals surface area (Å²) in [5.41, 5.74) is 3.21. The molecule has 348 valence electrons. The minimum absolute atomic E-state index is 0.00712. The van der Waals surface area contributed by atoms with Crippen molar-refractivity contribution in [2.24, 2.45) is 22.9 Å². The zero-order valence-electron chi connectivity index (χ0n) is 38.0. The van der Waals surface area contributed by atoms with Gasteiger partial charge in [0.25, 0.3) is 5.69 Å². The Morgan fingerprint density at radius 3 is 2.42 bits per heavy atom. The molecular weight excluding hydrogens is 829 g/mol. The number of allylic oxidation sites excluding steroid dienone is 1. The molecule has 2 aliphatic carbocycles. The van der Waals surface area contributed by atoms with E-state index >= 15 is 0 Å². The summed E-state index contributed by atoms with van der Waals surface area (Å²) in [5, 5.41) is 39.0. The Hall–Kier alpha value is -5.83. The molecular formula is C51H64N4O10. The second-order valence-electron chi connectivity index (χ2n) is 17.9. The summed E-state index contributed by atoms with van der Waals surface area (Å²) >= 11 is 0. The van der Waals surface area contributed by atoms with E-state index in [-0.39, 0.29) is 62.1 Å². The van der Waals surface area contributed by atoms with Crippen LogP contribution in [0.3, 0.4) is 0 Å². The van der Waals surface area contributed by atoms with Gasteiger partial charge in [0, 0.05) is 62.4 Å². The summed E-state index contributed by atoms with van der Waals surface area (Å²) in [5.74, 6) is -1.85. The number of nitrogens with one attached hydrogen (secondary N) is 1. The molecule has 6 atom stereocenters. The van der Waals surface area contributed by atoms with E-state index < -0.39 is 34.4 Å². The number of hydrogen-bond donors (Lipinski definition) is 3. The van der Waals surface area contributed by atoms with Gasteiger partial charge in [-0.15, -0.1) is 6.58 Å². The van der Waals surface area contributed by atoms with Crippen molar-refractivity contribution in [1.29, 1.82) is 0 Å². The SMILES string of the molecule is C=CCOC12Oc3ccc(OC(=O)NCc4ccccc4)cc3C3C(CCCCO)C(CCCCO)C=C(C(=NOC(C)(C)C)CC1N(CCC)C(=O)C=Cc1ccc([N+](=O)[O-])cc1)C32. The number of nitrogens with zero attached hydrogens (tertiary/aromatic N) is 3. The molecule has 1 saturated carbocycles. The lowest BCUT2D eigenvalue weighted by Crippen LogP contribution is -2.70. The molecule has 3 aromatic carbocycles. The number of nitro benzene ring substituents is 1. The van der Waals surface area contributed by atoms with Crippen LogP contribution in [0.4, 0.5) is 10.5 Å². The third-order valence-electron chi connectivity index (χ3n) is 12.2. The quantitative estimate of drug-likeness (QED) is 0.0307. The van der Waals surface area contributed by atoms with Gasteiger partial charge in [0.1, 0.15) is 23.1 Å². The van der Waals surface area contributed by atoms with E-state index in [1.165, 1.54) is 18.2 Å². The first-order valence-electron chi connectivity index (χ1n) is 22.8. The van der Waals surface area contributed by atoms with Crippen molar-refractivity contribution in [3.63, 3.8) is 0 Å². The van der Waals surface area contributed by atoms with Gasteiger partial charge in [-0.05, 0) is 118 Å². The normalized spacial score (nSPS) is 22.8. The van der Waals surface area contributed by atoms with Gasteiger partial charge in [0.15, 0.2) is 0 Å². The van der Waals surface area contributed by atoms with Crippen LogP contribution >= 0.6 is 0 Å². The number of carbonyl (C=O) groups excluding carboxylic acids is 2. The Bertz CT molecular complexity index is 2200. The number of aliphatic hydroxyl groups excluding tert-OH is 2. The highest BCUT2D eigenvalue weighted by Crippen LogP contribution is 2.62. The number of amides is 2. The lowest BCUT2D eigenvalue weighted by atomic mass is 9.55. The van der Waals surface area contributed by atoms with E-state index in [1.807, 2.05) is 64.1 Å². The zero-order chi connectivity index (χ0) is 46.6. The van der Waals surface area contributed by atoms with E-state index in [1.54, 1.807) is 41.3 Å². The van der Waals surface area contributed by atoms with Gasteiger partial charge in [0.05, 0.1) is 23.2 Å². The summed E-state index contributed by atoms with van der Waals surface area (Å²) in [6.45, 7) is 12.6. The van der Waals surface area contributed by atoms with Crippen LogP contribution in [-0.4, -0.2) is 81.5 Å². The Morgan fingerprint density at radius 1 is 1.03 bits per heavy atom. The van der Waals surface area contributed by atoms with Crippen molar-refractivity contribution < 1.29 is 43.8 Å². The molecule has 3 N–H and O–H groups in total. The maximum atomic E-state index is 14.7. The topological polar surface area (TPSA) is 182 Å². The van der Waals surface area contributed by atoms with E-state index in [0.717, 1.165) is 42.4 Å². The lowest BCUT2D eigenvalue weighted by Gasteiger charge is -2.60. The Morgan fingerprint density at radius 2 is 1.75 bits per heavy atom. The first-order valence-corrected chi connectivity index (χ1v) is 22.8. The predicted octanol–water partition coefficient (Wildman–Crippen LogP) is 9.27. The van der Waals surface area contributed by atoms with Gasteiger partial charge in [-0.25, -0.2) is 4.79 Å². The molecule has 14 heteroatoms. The van der Waals surface area contributed by atoms with Crippen LogP contribution in [0.5, 0.6) is 11.5 Å². The maximum absolute atomic E-state index is 14.7. The van der Waals surface area contributed by atoms with Crippen LogP contribution in [0, 0.1) is 27.9 Å². The molecule has 0 bridgehead atoms. The van der Waals surface area contributed by atoms with Crippen LogP contribution in [0.15, 0.2) is 108 Å². The lowest BCUT2D eigenvalue weighted by molar-refractivity contribution is -0.384. The van der Waals surface area contributed by atoms with Crippen molar-refractivity contribution in [2.45, 2.75) is 109 Å². The number of fused-ring (bicyclic) bond motifs is 2. The molecule has 3 aromatic rings. The molecule has 1 heterocycles. The summed E-state index contributed by atoms with van der Waals surface area (Å²) in [6.07, 6.45) is 11.5. The summed E-state index contributed by atoms with van der Waals surface area (Å²) in [7, 11) is 0. The number of unbranched alkanes of at least 4 members (excludes halogenated alkanes) is 2. The van der Waals surface area contributed by atoms with Crippen LogP contribution in [0.2, 0.25) is 0 Å². The van der Waals surface area contributed by atoms with Crippen molar-refractivity contribution in [3.05, 3.63) is 130 Å². The monoisotopic (exact) mass is 892 g/mol. The molecule has 2 amide bonds. The van der Waals surface area contributed by atoms with Crippen LogP contribution in [0.25, 0.3) is 6.08 Å². The number of aliphatic hydroxyl groups is 2. The van der Waals surface area contributed by atoms with Crippen LogP contribution < -0.4 is 14.8 Å². The van der Waals surface area contributed by atoms with Gasteiger partial charge in [-0.3, -0.25) is 14.9 Å². The minimum atomic E-state index is -1.48. The third-order valence-corrected chi connectivity index (χ3v) is 12.2. The Kier molecular flexibility index (Phi) is 16.7. The molecule has 14 nitrogen and oxygen atoms in total. The number of ether oxygens (including phenoxy) is 3. The van der Waals surface area contributed by atoms with E-state index in [2.05, 4.69) is 18.0 Å². The molecule has 1 fully saturated rings. The van der Waals surface area contributed by atoms with Crippen LogP contribution in [-0.2, 0) is 20.9 Å². The second-order valence-corrected chi connectivity index (χ2v) is 17.9. The molecule has 0 saturated heterocycles. The highest BCUT2D eigenvalue weighted by atomic mass is 16.7. The first kappa shape index (κ1) is 48.6. The van der Waals surface area contributed by atoms with E-state index in [0.29, 0.717) is 48.6 Å². The Balaban J connectivity index is 1.52. The van der Waals surface area contributed by atoms with Crippen molar-refractivity contribution in [1.82, 2.24) is 10.2 Å². The van der Waals surface area contributed by atoms with Crippen LogP contribution in [0.1, 0.15) is 102 Å². The average Bonchev–Trinajstić information content (AvgIpc) is 3.29. The zero-order valence-corrected chi connectivity index (χ0v) is 38.0. The largest absolute Gasteiger partial charge is 0.459 e. The smallest absolute Gasteiger partial charge is 0.412 e. The van der Waals surface area contributed by atoms with Gasteiger partial charge < -0.3 is 39.5 Å². The highest BCUT2D eigenvalue weighted by Gasteiger charge is 2.65. The number of nitro groups is 1. The van der Waals surface area contributed by atoms with E-state index in [4.69, 9.17) is 24.2 Å². The average molecular weight is 893 g/mol. The summed E-state index contributed by atoms with van der Waals surface area (Å²) in [6, 6.07) is 20.2. The maximum Gasteiger partial charge on any atom is 0.412 e. The molecule has 3 aliphatic rings. The van der Waals surface area contributed by atoms with Crippen molar-refractivity contribution >= 4 is 29.5 Å². The minimum Gasteiger partial charge on any atom is -0.459 e.